The van der Waals surface area contributed by atoms with Crippen molar-refractivity contribution in [3.63, 3.8) is 0 Å². The Morgan fingerprint density at radius 3 is 2.68 bits per heavy atom. The highest BCUT2D eigenvalue weighted by Crippen LogP contribution is 2.30. The number of rotatable bonds is 5. The second-order valence-corrected chi connectivity index (χ2v) is 9.70. The number of H-pyrrole nitrogens is 1. The molecule has 0 saturated carbocycles. The summed E-state index contributed by atoms with van der Waals surface area (Å²) in [5.41, 5.74) is 7.64. The molecule has 12 heteroatoms. The van der Waals surface area contributed by atoms with Crippen molar-refractivity contribution in [3.05, 3.63) is 54.0 Å². The first-order valence-electron chi connectivity index (χ1n) is 12.5. The van der Waals surface area contributed by atoms with Gasteiger partial charge in [0, 0.05) is 43.9 Å². The van der Waals surface area contributed by atoms with Crippen molar-refractivity contribution < 1.29 is 18.7 Å². The van der Waals surface area contributed by atoms with Crippen LogP contribution in [0.5, 0.6) is 0 Å². The number of aryl methyl sites for hydroxylation is 1. The summed E-state index contributed by atoms with van der Waals surface area (Å²) in [6.45, 7) is 4.15. The topological polar surface area (TPSA) is 135 Å². The molecule has 2 saturated heterocycles. The van der Waals surface area contributed by atoms with E-state index >= 15 is 0 Å². The summed E-state index contributed by atoms with van der Waals surface area (Å²) in [6.07, 6.45) is 1.70. The molecule has 1 aromatic carbocycles. The van der Waals surface area contributed by atoms with Crippen molar-refractivity contribution in [3.8, 4) is 17.1 Å². The number of alkyl halides is 1. The first-order chi connectivity index (χ1) is 18.3. The van der Waals surface area contributed by atoms with Crippen LogP contribution in [0.3, 0.4) is 0 Å². The van der Waals surface area contributed by atoms with Gasteiger partial charge in [0.05, 0.1) is 31.1 Å². The molecule has 2 fully saturated rings. The van der Waals surface area contributed by atoms with E-state index in [0.717, 1.165) is 22.5 Å². The minimum Gasteiger partial charge on any atom is -0.378 e. The second kappa shape index (κ2) is 9.21. The fraction of sp³-hybridized carbons (Fsp3) is 0.346. The number of hydrogen-bond donors (Lipinski definition) is 2. The number of ether oxygens (including phenoxy) is 1. The number of pyridine rings is 1. The maximum absolute atomic E-state index is 14.7. The molecule has 5 heterocycles. The molecule has 11 nitrogen and oxygen atoms in total. The van der Waals surface area contributed by atoms with E-state index < -0.39 is 24.0 Å². The predicted molar refractivity (Wildman–Crippen MR) is 138 cm³/mol. The van der Waals surface area contributed by atoms with E-state index in [4.69, 9.17) is 20.6 Å². The van der Waals surface area contributed by atoms with Crippen LogP contribution in [-0.4, -0.2) is 86.5 Å². The number of aromatic nitrogens is 5. The fourth-order valence-electron chi connectivity index (χ4n) is 4.94. The molecule has 3 N–H and O–H groups in total. The van der Waals surface area contributed by atoms with Crippen LogP contribution in [0, 0.1) is 6.92 Å². The Balaban J connectivity index is 1.38. The third-order valence-corrected chi connectivity index (χ3v) is 7.07. The third kappa shape index (κ3) is 4.26. The Hall–Kier alpha value is -4.32. The molecule has 2 aliphatic rings. The lowest BCUT2D eigenvalue weighted by molar-refractivity contribution is -0.128. The van der Waals surface area contributed by atoms with E-state index in [1.165, 1.54) is 4.90 Å². The number of carbonyl (C=O) groups excluding carboxylic acids is 2. The number of benzene rings is 1. The standard InChI is InChI=1S/C26H27FN8O3/c1-16-3-2-4-17(13-16)18-5-7-35(32-18)20-14-19(33-9-11-38-12-10-33)21-22(29-20)31-23(30-21)24(36)34-8-6-26(27,15-34)25(28)37/h2-5,7,13-14H,6,8-12,15H2,1H3,(H2,28,37)(H,29,30,31). The molecule has 0 bridgehead atoms. The highest BCUT2D eigenvalue weighted by Gasteiger charge is 2.46. The number of likely N-dealkylation sites (tertiary alicyclic amines) is 1. The van der Waals surface area contributed by atoms with Crippen LogP contribution < -0.4 is 10.6 Å². The molecule has 1 unspecified atom stereocenters. The Morgan fingerprint density at radius 1 is 1.13 bits per heavy atom. The minimum atomic E-state index is -2.23. The van der Waals surface area contributed by atoms with Crippen LogP contribution in [0.1, 0.15) is 22.6 Å². The minimum absolute atomic E-state index is 0.0220. The Bertz CT molecular complexity index is 1540. The zero-order chi connectivity index (χ0) is 26.4. The lowest BCUT2D eigenvalue weighted by atomic mass is 10.1. The number of halogens is 1. The van der Waals surface area contributed by atoms with Gasteiger partial charge in [-0.3, -0.25) is 9.59 Å². The third-order valence-electron chi connectivity index (χ3n) is 7.07. The number of anilines is 1. The number of nitrogens with two attached hydrogens (primary N) is 1. The number of morpholine rings is 1. The van der Waals surface area contributed by atoms with Gasteiger partial charge in [-0.1, -0.05) is 23.8 Å². The van der Waals surface area contributed by atoms with Crippen LogP contribution in [-0.2, 0) is 9.53 Å². The van der Waals surface area contributed by atoms with Crippen molar-refractivity contribution in [1.29, 1.82) is 0 Å². The summed E-state index contributed by atoms with van der Waals surface area (Å²) >= 11 is 0. The van der Waals surface area contributed by atoms with Gasteiger partial charge in [-0.15, -0.1) is 0 Å². The second-order valence-electron chi connectivity index (χ2n) is 9.70. The maximum Gasteiger partial charge on any atom is 0.289 e. The van der Waals surface area contributed by atoms with Gasteiger partial charge in [0.2, 0.25) is 5.67 Å². The van der Waals surface area contributed by atoms with E-state index in [1.54, 1.807) is 4.68 Å². The quantitative estimate of drug-likeness (QED) is 0.413. The van der Waals surface area contributed by atoms with Gasteiger partial charge in [-0.25, -0.2) is 19.0 Å². The Kier molecular flexibility index (Phi) is 5.83. The highest BCUT2D eigenvalue weighted by atomic mass is 19.1. The van der Waals surface area contributed by atoms with E-state index in [9.17, 15) is 14.0 Å². The summed E-state index contributed by atoms with van der Waals surface area (Å²) in [5, 5.41) is 4.73. The predicted octanol–water partition coefficient (Wildman–Crippen LogP) is 2.00. The highest BCUT2D eigenvalue weighted by molar-refractivity contribution is 5.97. The summed E-state index contributed by atoms with van der Waals surface area (Å²) in [5.74, 6) is -1.02. The van der Waals surface area contributed by atoms with Gasteiger partial charge in [-0.05, 0) is 19.1 Å². The van der Waals surface area contributed by atoms with E-state index in [0.29, 0.717) is 43.3 Å². The molecule has 0 aliphatic carbocycles. The van der Waals surface area contributed by atoms with Crippen LogP contribution in [0.25, 0.3) is 28.2 Å². The molecule has 0 radical (unpaired) electrons. The largest absolute Gasteiger partial charge is 0.378 e. The number of nitrogens with one attached hydrogen (secondary N) is 1. The zero-order valence-electron chi connectivity index (χ0n) is 20.9. The number of amides is 2. The van der Waals surface area contributed by atoms with Gasteiger partial charge < -0.3 is 25.3 Å². The van der Waals surface area contributed by atoms with E-state index in [2.05, 4.69) is 20.9 Å². The average molecular weight is 519 g/mol. The van der Waals surface area contributed by atoms with Crippen LogP contribution in [0.15, 0.2) is 42.6 Å². The van der Waals surface area contributed by atoms with E-state index in [-0.39, 0.29) is 18.8 Å². The number of imidazole rings is 1. The van der Waals surface area contributed by atoms with Crippen molar-refractivity contribution >= 4 is 28.7 Å². The van der Waals surface area contributed by atoms with Gasteiger partial charge in [-0.2, -0.15) is 5.10 Å². The van der Waals surface area contributed by atoms with Gasteiger partial charge in [0.25, 0.3) is 11.8 Å². The summed E-state index contributed by atoms with van der Waals surface area (Å²) in [4.78, 5) is 40.4. The molecule has 38 heavy (non-hydrogen) atoms. The smallest absolute Gasteiger partial charge is 0.289 e. The first-order valence-corrected chi connectivity index (χ1v) is 12.5. The number of fused-ring (bicyclic) bond motifs is 1. The number of aromatic amines is 1. The molecule has 0 spiro atoms. The monoisotopic (exact) mass is 518 g/mol. The van der Waals surface area contributed by atoms with Gasteiger partial charge in [0.15, 0.2) is 17.3 Å². The molecule has 3 aromatic heterocycles. The number of hydrogen-bond acceptors (Lipinski definition) is 7. The number of nitrogens with zero attached hydrogens (tertiary/aromatic N) is 6. The molecule has 2 amide bonds. The molecule has 196 valence electrons. The number of primary amides is 1. The Labute approximate surface area is 217 Å². The van der Waals surface area contributed by atoms with E-state index in [1.807, 2.05) is 43.5 Å². The van der Waals surface area contributed by atoms with Gasteiger partial charge in [0.1, 0.15) is 5.52 Å². The summed E-state index contributed by atoms with van der Waals surface area (Å²) in [7, 11) is 0. The normalized spacial score (nSPS) is 19.8. The Morgan fingerprint density at radius 2 is 1.95 bits per heavy atom. The van der Waals surface area contributed by atoms with Gasteiger partial charge >= 0.3 is 0 Å². The number of carbonyl (C=O) groups is 2. The van der Waals surface area contributed by atoms with Crippen LogP contribution >= 0.6 is 0 Å². The van der Waals surface area contributed by atoms with Crippen LogP contribution in [0.4, 0.5) is 10.1 Å². The molecule has 4 aromatic rings. The SMILES string of the molecule is Cc1cccc(-c2ccn(-c3cc(N4CCOCC4)c4[nH]c(C(=O)N5CCC(F)(C(N)=O)C5)nc4n3)n2)c1. The summed E-state index contributed by atoms with van der Waals surface area (Å²) in [6, 6.07) is 11.9. The summed E-state index contributed by atoms with van der Waals surface area (Å²) < 4.78 is 21.9. The molecule has 6 rings (SSSR count). The van der Waals surface area contributed by atoms with Crippen molar-refractivity contribution in [2.45, 2.75) is 19.0 Å². The maximum atomic E-state index is 14.7. The fourth-order valence-corrected chi connectivity index (χ4v) is 4.94. The lowest BCUT2D eigenvalue weighted by Crippen LogP contribution is -2.43. The van der Waals surface area contributed by atoms with Crippen LogP contribution in [0.2, 0.25) is 0 Å². The molecule has 1 atom stereocenters. The zero-order valence-corrected chi connectivity index (χ0v) is 20.9. The average Bonchev–Trinajstić information content (AvgIpc) is 3.67. The van der Waals surface area contributed by atoms with Crippen molar-refractivity contribution in [2.75, 3.05) is 44.3 Å². The lowest BCUT2D eigenvalue weighted by Gasteiger charge is -2.29. The van der Waals surface area contributed by atoms with Crippen molar-refractivity contribution in [2.24, 2.45) is 5.73 Å². The molecular weight excluding hydrogens is 491 g/mol. The molecule has 2 aliphatic heterocycles. The molecular formula is C26H27FN8O3. The van der Waals surface area contributed by atoms with Crippen molar-refractivity contribution in [1.82, 2.24) is 29.6 Å². The first kappa shape index (κ1) is 24.0.